The van der Waals surface area contributed by atoms with E-state index in [2.05, 4.69) is 4.74 Å². The molecule has 0 amide bonds. The smallest absolute Gasteiger partial charge is 0.379 e. The van der Waals surface area contributed by atoms with Gasteiger partial charge in [0, 0.05) is 18.1 Å². The van der Waals surface area contributed by atoms with Crippen molar-refractivity contribution in [1.82, 2.24) is 0 Å². The molecule has 0 bridgehead atoms. The molecule has 1 rings (SSSR count). The summed E-state index contributed by atoms with van der Waals surface area (Å²) < 4.78 is 51.6. The summed E-state index contributed by atoms with van der Waals surface area (Å²) in [6.07, 6.45) is 1.58. The van der Waals surface area contributed by atoms with Gasteiger partial charge in [0.25, 0.3) is 5.78 Å². The summed E-state index contributed by atoms with van der Waals surface area (Å²) in [4.78, 5) is 22.2. The lowest BCUT2D eigenvalue weighted by molar-refractivity contribution is -0.137. The van der Waals surface area contributed by atoms with E-state index in [1.807, 2.05) is 0 Å². The zero-order valence-electron chi connectivity index (χ0n) is 11.6. The maximum absolute atomic E-state index is 11.9. The third-order valence-electron chi connectivity index (χ3n) is 2.45. The number of carbonyl (C=O) groups is 2. The van der Waals surface area contributed by atoms with Crippen LogP contribution in [0.1, 0.15) is 17.3 Å². The van der Waals surface area contributed by atoms with Crippen LogP contribution in [-0.2, 0) is 29.2 Å². The number of carbonyl (C=O) groups excluding carboxylic acids is 2. The first-order valence-electron chi connectivity index (χ1n) is 5.74. The van der Waals surface area contributed by atoms with Crippen molar-refractivity contribution in [1.29, 1.82) is 0 Å². The van der Waals surface area contributed by atoms with Gasteiger partial charge in [-0.25, -0.2) is 21.6 Å². The summed E-state index contributed by atoms with van der Waals surface area (Å²) in [5.74, 6) is -2.45. The van der Waals surface area contributed by atoms with Gasteiger partial charge in [-0.2, -0.15) is 0 Å². The van der Waals surface area contributed by atoms with Gasteiger partial charge in [0.15, 0.2) is 19.7 Å². The molecule has 21 heavy (non-hydrogen) atoms. The Morgan fingerprint density at radius 3 is 2.05 bits per heavy atom. The Morgan fingerprint density at radius 1 is 1.05 bits per heavy atom. The lowest BCUT2D eigenvalue weighted by atomic mass is 10.1. The van der Waals surface area contributed by atoms with Crippen molar-refractivity contribution < 1.29 is 31.2 Å². The zero-order chi connectivity index (χ0) is 16.4. The molecule has 0 aliphatic heterocycles. The summed E-state index contributed by atoms with van der Waals surface area (Å²) in [6, 6.07) is 3.33. The van der Waals surface area contributed by atoms with Gasteiger partial charge in [-0.05, 0) is 19.1 Å². The molecule has 0 fully saturated rings. The summed E-state index contributed by atoms with van der Waals surface area (Å²) in [5.41, 5.74) is -0.515. The molecule has 0 spiro atoms. The number of hydrogen-bond donors (Lipinski definition) is 0. The van der Waals surface area contributed by atoms with Crippen LogP contribution in [0, 0.1) is 0 Å². The van der Waals surface area contributed by atoms with Gasteiger partial charge in [0.2, 0.25) is 0 Å². The molecule has 0 saturated heterocycles. The molecule has 1 aromatic rings. The predicted molar refractivity (Wildman–Crippen MR) is 73.6 cm³/mol. The second kappa shape index (κ2) is 5.94. The van der Waals surface area contributed by atoms with Gasteiger partial charge in [-0.1, -0.05) is 6.07 Å². The first-order valence-corrected chi connectivity index (χ1v) is 9.53. The molecule has 0 heterocycles. The minimum Gasteiger partial charge on any atom is -0.460 e. The molecule has 7 nitrogen and oxygen atoms in total. The Kier molecular flexibility index (Phi) is 4.90. The highest BCUT2D eigenvalue weighted by Crippen LogP contribution is 2.25. The van der Waals surface area contributed by atoms with Crippen LogP contribution in [0.2, 0.25) is 0 Å². The van der Waals surface area contributed by atoms with Crippen molar-refractivity contribution in [2.45, 2.75) is 16.7 Å². The summed E-state index contributed by atoms with van der Waals surface area (Å²) >= 11 is 0. The molecule has 0 aliphatic carbocycles. The molecule has 0 atom stereocenters. The van der Waals surface area contributed by atoms with Crippen LogP contribution >= 0.6 is 0 Å². The monoisotopic (exact) mass is 334 g/mol. The highest BCUT2D eigenvalue weighted by molar-refractivity contribution is 7.93. The SMILES string of the molecule is CCOC(=O)C(=O)c1cccc(S(C)(=O)=O)c1S(C)(=O)=O. The van der Waals surface area contributed by atoms with Crippen molar-refractivity contribution in [3.63, 3.8) is 0 Å². The standard InChI is InChI=1S/C12H14O7S2/c1-4-19-12(14)10(13)8-6-5-7-9(20(2,15)16)11(8)21(3,17)18/h5-7H,4H2,1-3H3. The third-order valence-corrected chi connectivity index (χ3v) is 4.90. The maximum atomic E-state index is 11.9. The van der Waals surface area contributed by atoms with Gasteiger partial charge in [-0.3, -0.25) is 4.79 Å². The average molecular weight is 334 g/mol. The van der Waals surface area contributed by atoms with Gasteiger partial charge in [0.05, 0.1) is 16.4 Å². The second-order valence-corrected chi connectivity index (χ2v) is 8.16. The van der Waals surface area contributed by atoms with E-state index in [4.69, 9.17) is 0 Å². The van der Waals surface area contributed by atoms with Crippen LogP contribution in [0.3, 0.4) is 0 Å². The molecule has 0 unspecified atom stereocenters. The number of benzene rings is 1. The minimum atomic E-state index is -4.05. The topological polar surface area (TPSA) is 112 Å². The highest BCUT2D eigenvalue weighted by Gasteiger charge is 2.30. The molecule has 0 aromatic heterocycles. The van der Waals surface area contributed by atoms with E-state index in [9.17, 15) is 26.4 Å². The number of Topliss-reactive ketones (excluding diaryl/α,β-unsaturated/α-hetero) is 1. The van der Waals surface area contributed by atoms with Crippen molar-refractivity contribution >= 4 is 31.4 Å². The van der Waals surface area contributed by atoms with E-state index in [0.717, 1.165) is 24.6 Å². The number of ether oxygens (including phenoxy) is 1. The molecule has 116 valence electrons. The van der Waals surface area contributed by atoms with Crippen molar-refractivity contribution in [2.75, 3.05) is 19.1 Å². The molecule has 0 N–H and O–H groups in total. The fourth-order valence-corrected chi connectivity index (χ4v) is 4.35. The Bertz CT molecular complexity index is 789. The molecule has 9 heteroatoms. The minimum absolute atomic E-state index is 0.0649. The van der Waals surface area contributed by atoms with E-state index in [1.54, 1.807) is 0 Å². The molecule has 0 radical (unpaired) electrons. The number of sulfone groups is 2. The number of ketones is 1. The van der Waals surface area contributed by atoms with Crippen LogP contribution in [-0.4, -0.2) is 47.7 Å². The second-order valence-electron chi connectivity index (χ2n) is 4.23. The molecule has 0 aliphatic rings. The number of rotatable bonds is 5. The van der Waals surface area contributed by atoms with Crippen LogP contribution < -0.4 is 0 Å². The van der Waals surface area contributed by atoms with Crippen LogP contribution in [0.5, 0.6) is 0 Å². The highest BCUT2D eigenvalue weighted by atomic mass is 32.2. The maximum Gasteiger partial charge on any atom is 0.379 e. The average Bonchev–Trinajstić information content (AvgIpc) is 2.35. The van der Waals surface area contributed by atoms with Crippen molar-refractivity contribution in [2.24, 2.45) is 0 Å². The van der Waals surface area contributed by atoms with E-state index in [-0.39, 0.29) is 6.61 Å². The van der Waals surface area contributed by atoms with E-state index >= 15 is 0 Å². The molecule has 0 saturated carbocycles. The lowest BCUT2D eigenvalue weighted by Gasteiger charge is -2.11. The van der Waals surface area contributed by atoms with Crippen LogP contribution in [0.15, 0.2) is 28.0 Å². The van der Waals surface area contributed by atoms with Gasteiger partial charge < -0.3 is 4.74 Å². The Labute approximate surface area is 122 Å². The van der Waals surface area contributed by atoms with Crippen LogP contribution in [0.25, 0.3) is 0 Å². The third kappa shape index (κ3) is 3.88. The molecule has 1 aromatic carbocycles. The van der Waals surface area contributed by atoms with Crippen molar-refractivity contribution in [3.05, 3.63) is 23.8 Å². The number of esters is 1. The quantitative estimate of drug-likeness (QED) is 0.431. The van der Waals surface area contributed by atoms with Crippen LogP contribution in [0.4, 0.5) is 0 Å². The first-order chi connectivity index (χ1) is 9.50. The Hall–Kier alpha value is -1.74. The molecular formula is C12H14O7S2. The molecular weight excluding hydrogens is 320 g/mol. The largest absolute Gasteiger partial charge is 0.460 e. The van der Waals surface area contributed by atoms with Gasteiger partial charge >= 0.3 is 5.97 Å². The Balaban J connectivity index is 3.70. The zero-order valence-corrected chi connectivity index (χ0v) is 13.2. The fraction of sp³-hybridized carbons (Fsp3) is 0.333. The van der Waals surface area contributed by atoms with Gasteiger partial charge in [-0.15, -0.1) is 0 Å². The summed E-state index contributed by atoms with van der Waals surface area (Å²) in [5, 5.41) is 0. The Morgan fingerprint density at radius 2 is 1.62 bits per heavy atom. The fourth-order valence-electron chi connectivity index (χ4n) is 1.68. The van der Waals surface area contributed by atoms with E-state index in [1.165, 1.54) is 13.0 Å². The van der Waals surface area contributed by atoms with Gasteiger partial charge in [0.1, 0.15) is 0 Å². The van der Waals surface area contributed by atoms with Crippen molar-refractivity contribution in [3.8, 4) is 0 Å². The van der Waals surface area contributed by atoms with E-state index in [0.29, 0.717) is 0 Å². The van der Waals surface area contributed by atoms with E-state index < -0.39 is 46.8 Å². The number of hydrogen-bond acceptors (Lipinski definition) is 7. The summed E-state index contributed by atoms with van der Waals surface area (Å²) in [7, 11) is -7.94. The first kappa shape index (κ1) is 17.3. The summed E-state index contributed by atoms with van der Waals surface area (Å²) in [6.45, 7) is 1.42. The lowest BCUT2D eigenvalue weighted by Crippen LogP contribution is -2.21. The predicted octanol–water partition coefficient (Wildman–Crippen LogP) is 0.239. The normalized spacial score (nSPS) is 12.0.